The van der Waals surface area contributed by atoms with Gasteiger partial charge in [0.05, 0.1) is 0 Å². The third kappa shape index (κ3) is 3.24. The van der Waals surface area contributed by atoms with E-state index in [1.165, 1.54) is 24.0 Å². The van der Waals surface area contributed by atoms with E-state index in [0.29, 0.717) is 6.04 Å². The number of rotatable bonds is 5. The van der Waals surface area contributed by atoms with Gasteiger partial charge in [-0.1, -0.05) is 24.3 Å². The Morgan fingerprint density at radius 2 is 2.12 bits per heavy atom. The van der Waals surface area contributed by atoms with E-state index in [1.807, 2.05) is 0 Å². The maximum Gasteiger partial charge on any atom is 0.0207 e. The molecule has 1 aliphatic carbocycles. The first-order valence-corrected chi connectivity index (χ1v) is 6.91. The summed E-state index contributed by atoms with van der Waals surface area (Å²) < 4.78 is 8.62. The van der Waals surface area contributed by atoms with E-state index in [2.05, 4.69) is 29.6 Å². The molecule has 1 unspecified atom stereocenters. The highest BCUT2D eigenvalue weighted by Crippen LogP contribution is 2.20. The maximum atomic E-state index is 8.62. The van der Waals surface area contributed by atoms with Crippen molar-refractivity contribution in [2.45, 2.75) is 31.7 Å². The second-order valence-corrected chi connectivity index (χ2v) is 5.02. The van der Waals surface area contributed by atoms with Crippen molar-refractivity contribution >= 4 is 12.0 Å². The summed E-state index contributed by atoms with van der Waals surface area (Å²) in [5.41, 5.74) is 3.02. The lowest BCUT2D eigenvalue weighted by Crippen LogP contribution is -2.35. The molecule has 0 bridgehead atoms. The van der Waals surface area contributed by atoms with Crippen molar-refractivity contribution in [2.24, 2.45) is 0 Å². The Morgan fingerprint density at radius 3 is 2.94 bits per heavy atom. The standard InChI is InChI=1S/C13H19NOS/c15-16-9-3-8-14-13-7-6-11-4-1-2-5-12(11)10-13/h1-2,4-5,13-15H,3,6-10H2. The fraction of sp³-hybridized carbons (Fsp3) is 0.538. The summed E-state index contributed by atoms with van der Waals surface area (Å²) in [4.78, 5) is 0. The molecule has 0 fully saturated rings. The Morgan fingerprint density at radius 1 is 1.31 bits per heavy atom. The fourth-order valence-corrected chi connectivity index (χ4v) is 2.59. The van der Waals surface area contributed by atoms with Crippen molar-refractivity contribution in [3.8, 4) is 0 Å². The molecule has 0 radical (unpaired) electrons. The van der Waals surface area contributed by atoms with Crippen LogP contribution >= 0.6 is 12.0 Å². The minimum absolute atomic E-state index is 0.624. The summed E-state index contributed by atoms with van der Waals surface area (Å²) in [6.45, 7) is 1.01. The van der Waals surface area contributed by atoms with Gasteiger partial charge in [-0.15, -0.1) is 0 Å². The molecule has 2 nitrogen and oxygen atoms in total. The smallest absolute Gasteiger partial charge is 0.0207 e. The van der Waals surface area contributed by atoms with Crippen LogP contribution in [0.25, 0.3) is 0 Å². The van der Waals surface area contributed by atoms with Crippen LogP contribution in [0.15, 0.2) is 24.3 Å². The first-order valence-electron chi connectivity index (χ1n) is 5.96. The normalized spacial score (nSPS) is 19.4. The lowest BCUT2D eigenvalue weighted by atomic mass is 9.88. The van der Waals surface area contributed by atoms with Crippen molar-refractivity contribution in [2.75, 3.05) is 12.3 Å². The number of nitrogens with one attached hydrogen (secondary N) is 1. The number of hydrogen-bond donors (Lipinski definition) is 2. The number of fused-ring (bicyclic) bond motifs is 1. The highest BCUT2D eigenvalue weighted by molar-refractivity contribution is 7.93. The minimum atomic E-state index is 0.624. The lowest BCUT2D eigenvalue weighted by Gasteiger charge is -2.25. The van der Waals surface area contributed by atoms with Crippen molar-refractivity contribution in [3.63, 3.8) is 0 Å². The molecule has 1 aromatic carbocycles. The van der Waals surface area contributed by atoms with E-state index in [9.17, 15) is 0 Å². The molecule has 0 saturated heterocycles. The molecule has 0 amide bonds. The van der Waals surface area contributed by atoms with Crippen LogP contribution in [0.2, 0.25) is 0 Å². The van der Waals surface area contributed by atoms with Gasteiger partial charge < -0.3 is 9.87 Å². The highest BCUT2D eigenvalue weighted by Gasteiger charge is 2.16. The van der Waals surface area contributed by atoms with Crippen LogP contribution in [0.1, 0.15) is 24.0 Å². The average Bonchev–Trinajstić information content (AvgIpc) is 2.34. The molecule has 0 spiro atoms. The van der Waals surface area contributed by atoms with Crippen LogP contribution in [0.5, 0.6) is 0 Å². The lowest BCUT2D eigenvalue weighted by molar-refractivity contribution is 0.459. The zero-order valence-corrected chi connectivity index (χ0v) is 10.3. The van der Waals surface area contributed by atoms with Gasteiger partial charge in [-0.3, -0.25) is 0 Å². The Labute approximate surface area is 102 Å². The van der Waals surface area contributed by atoms with Crippen LogP contribution in [-0.4, -0.2) is 22.9 Å². The number of hydrogen-bond acceptors (Lipinski definition) is 3. The van der Waals surface area contributed by atoms with Crippen LogP contribution in [0, 0.1) is 0 Å². The van der Waals surface area contributed by atoms with E-state index in [-0.39, 0.29) is 0 Å². The van der Waals surface area contributed by atoms with Crippen LogP contribution < -0.4 is 5.32 Å². The van der Waals surface area contributed by atoms with E-state index < -0.39 is 0 Å². The van der Waals surface area contributed by atoms with E-state index in [4.69, 9.17) is 4.55 Å². The van der Waals surface area contributed by atoms with E-state index in [0.717, 1.165) is 37.2 Å². The largest absolute Gasteiger partial charge is 0.330 e. The molecule has 2 rings (SSSR count). The fourth-order valence-electron chi connectivity index (χ4n) is 2.31. The Balaban J connectivity index is 1.79. The van der Waals surface area contributed by atoms with Gasteiger partial charge in [0.25, 0.3) is 0 Å². The summed E-state index contributed by atoms with van der Waals surface area (Å²) in [6.07, 6.45) is 4.63. The van der Waals surface area contributed by atoms with Gasteiger partial charge in [0.1, 0.15) is 0 Å². The van der Waals surface area contributed by atoms with E-state index >= 15 is 0 Å². The molecule has 1 atom stereocenters. The summed E-state index contributed by atoms with van der Waals surface area (Å²) in [5.74, 6) is 0.830. The zero-order valence-electron chi connectivity index (χ0n) is 9.48. The molecule has 1 aromatic rings. The molecule has 2 N–H and O–H groups in total. The van der Waals surface area contributed by atoms with Crippen molar-refractivity contribution in [1.29, 1.82) is 0 Å². The molecule has 88 valence electrons. The topological polar surface area (TPSA) is 32.3 Å². The van der Waals surface area contributed by atoms with Gasteiger partial charge in [-0.25, -0.2) is 0 Å². The van der Waals surface area contributed by atoms with E-state index in [1.54, 1.807) is 0 Å². The first kappa shape index (κ1) is 12.0. The van der Waals surface area contributed by atoms with Crippen LogP contribution in [0.3, 0.4) is 0 Å². The first-order chi connectivity index (χ1) is 7.90. The molecular weight excluding hydrogens is 218 g/mol. The monoisotopic (exact) mass is 237 g/mol. The minimum Gasteiger partial charge on any atom is -0.330 e. The van der Waals surface area contributed by atoms with Crippen molar-refractivity contribution in [3.05, 3.63) is 35.4 Å². The summed E-state index contributed by atoms with van der Waals surface area (Å²) >= 11 is 0.937. The summed E-state index contributed by atoms with van der Waals surface area (Å²) in [5, 5.41) is 3.57. The zero-order chi connectivity index (χ0) is 11.2. The van der Waals surface area contributed by atoms with Crippen molar-refractivity contribution < 1.29 is 4.55 Å². The summed E-state index contributed by atoms with van der Waals surface area (Å²) in [6, 6.07) is 9.37. The molecule has 0 aliphatic heterocycles. The predicted octanol–water partition coefficient (Wildman–Crippen LogP) is 2.73. The number of aryl methyl sites for hydroxylation is 1. The summed E-state index contributed by atoms with van der Waals surface area (Å²) in [7, 11) is 0. The predicted molar refractivity (Wildman–Crippen MR) is 70.0 cm³/mol. The van der Waals surface area contributed by atoms with Gasteiger partial charge in [-0.2, -0.15) is 0 Å². The average molecular weight is 237 g/mol. The third-order valence-corrected chi connectivity index (χ3v) is 3.66. The van der Waals surface area contributed by atoms with Crippen molar-refractivity contribution in [1.82, 2.24) is 5.32 Å². The number of benzene rings is 1. The SMILES string of the molecule is OSCCCNC1CCc2ccccc2C1. The van der Waals surface area contributed by atoms with Gasteiger partial charge in [-0.05, 0) is 55.4 Å². The molecule has 3 heteroatoms. The van der Waals surface area contributed by atoms with Gasteiger partial charge >= 0.3 is 0 Å². The molecule has 0 heterocycles. The highest BCUT2D eigenvalue weighted by atomic mass is 32.2. The molecule has 0 saturated carbocycles. The van der Waals surface area contributed by atoms with Gasteiger partial charge in [0, 0.05) is 11.8 Å². The van der Waals surface area contributed by atoms with Gasteiger partial charge in [0.2, 0.25) is 0 Å². The van der Waals surface area contributed by atoms with Crippen LogP contribution in [0.4, 0.5) is 0 Å². The van der Waals surface area contributed by atoms with Gasteiger partial charge in [0.15, 0.2) is 0 Å². The maximum absolute atomic E-state index is 8.62. The second-order valence-electron chi connectivity index (χ2n) is 4.35. The molecule has 16 heavy (non-hydrogen) atoms. The molecule has 1 aliphatic rings. The Hall–Kier alpha value is -0.510. The molecule has 0 aromatic heterocycles. The molecular formula is C13H19NOS. The quantitative estimate of drug-likeness (QED) is 0.610. The van der Waals surface area contributed by atoms with Crippen LogP contribution in [-0.2, 0) is 12.8 Å². The third-order valence-electron chi connectivity index (χ3n) is 3.19. The Kier molecular flexibility index (Phi) is 4.69. The second kappa shape index (κ2) is 6.28. The Bertz CT molecular complexity index is 329.